The fourth-order valence-electron chi connectivity index (χ4n) is 3.77. The monoisotopic (exact) mass is 472 g/mol. The van der Waals surface area contributed by atoms with Gasteiger partial charge in [0, 0.05) is 11.5 Å². The van der Waals surface area contributed by atoms with Crippen molar-refractivity contribution in [3.8, 4) is 0 Å². The zero-order valence-corrected chi connectivity index (χ0v) is 20.5. The van der Waals surface area contributed by atoms with Gasteiger partial charge in [0.1, 0.15) is 18.8 Å². The summed E-state index contributed by atoms with van der Waals surface area (Å²) in [5.74, 6) is -0.425. The van der Waals surface area contributed by atoms with Crippen molar-refractivity contribution in [3.05, 3.63) is 65.7 Å². The molecule has 2 aromatic rings. The van der Waals surface area contributed by atoms with E-state index in [0.29, 0.717) is 12.2 Å². The molecule has 1 heterocycles. The SMILES string of the molecule is CCCCCCCCO[C@H]1O[C@H](COC(=O)c2ccccc2)[C@@H](O)[C@@H]1Sc1ccc(C)cc1. The number of unbranched alkanes of at least 4 members (excludes halogenated alkanes) is 5. The zero-order chi connectivity index (χ0) is 23.5. The highest BCUT2D eigenvalue weighted by atomic mass is 32.2. The molecule has 3 rings (SSSR count). The van der Waals surface area contributed by atoms with Crippen LogP contribution in [0.1, 0.15) is 61.4 Å². The van der Waals surface area contributed by atoms with Crippen molar-refractivity contribution in [2.75, 3.05) is 13.2 Å². The highest BCUT2D eigenvalue weighted by Gasteiger charge is 2.45. The predicted octanol–water partition coefficient (Wildman–Crippen LogP) is 5.78. The summed E-state index contributed by atoms with van der Waals surface area (Å²) in [5.41, 5.74) is 1.66. The number of carbonyl (C=O) groups is 1. The Bertz CT molecular complexity index is 826. The Kier molecular flexibility index (Phi) is 10.7. The van der Waals surface area contributed by atoms with E-state index in [1.807, 2.05) is 25.1 Å². The van der Waals surface area contributed by atoms with E-state index in [-0.39, 0.29) is 11.9 Å². The normalized spacial score (nSPS) is 22.4. The summed E-state index contributed by atoms with van der Waals surface area (Å²) in [6.07, 6.45) is 5.08. The molecule has 6 heteroatoms. The number of carbonyl (C=O) groups excluding carboxylic acids is 1. The second kappa shape index (κ2) is 13.8. The van der Waals surface area contributed by atoms with Gasteiger partial charge in [-0.15, -0.1) is 11.8 Å². The first-order valence-electron chi connectivity index (χ1n) is 12.0. The maximum atomic E-state index is 12.3. The molecule has 1 saturated heterocycles. The van der Waals surface area contributed by atoms with Crippen LogP contribution in [0.5, 0.6) is 0 Å². The molecule has 0 bridgehead atoms. The quantitative estimate of drug-likeness (QED) is 0.295. The topological polar surface area (TPSA) is 65.0 Å². The van der Waals surface area contributed by atoms with Gasteiger partial charge < -0.3 is 19.3 Å². The number of aryl methyl sites for hydroxylation is 1. The van der Waals surface area contributed by atoms with E-state index in [0.717, 1.165) is 17.7 Å². The van der Waals surface area contributed by atoms with Crippen LogP contribution < -0.4 is 0 Å². The minimum atomic E-state index is -0.811. The number of hydrogen-bond donors (Lipinski definition) is 1. The Hall–Kier alpha value is -1.86. The molecule has 5 nitrogen and oxygen atoms in total. The van der Waals surface area contributed by atoms with Gasteiger partial charge in [-0.3, -0.25) is 0 Å². The van der Waals surface area contributed by atoms with Gasteiger partial charge in [-0.25, -0.2) is 4.79 Å². The van der Waals surface area contributed by atoms with Gasteiger partial charge in [0.2, 0.25) is 0 Å². The van der Waals surface area contributed by atoms with Crippen molar-refractivity contribution >= 4 is 17.7 Å². The Morgan fingerprint density at radius 3 is 2.42 bits per heavy atom. The van der Waals surface area contributed by atoms with Crippen LogP contribution in [0.4, 0.5) is 0 Å². The molecule has 0 spiro atoms. The number of rotatable bonds is 13. The lowest BCUT2D eigenvalue weighted by atomic mass is 10.1. The molecule has 2 aromatic carbocycles. The maximum absolute atomic E-state index is 12.3. The van der Waals surface area contributed by atoms with Gasteiger partial charge in [-0.05, 0) is 37.6 Å². The van der Waals surface area contributed by atoms with Crippen LogP contribution in [0.25, 0.3) is 0 Å². The predicted molar refractivity (Wildman–Crippen MR) is 132 cm³/mol. The number of esters is 1. The third-order valence-corrected chi connectivity index (χ3v) is 7.07. The first-order chi connectivity index (χ1) is 16.1. The van der Waals surface area contributed by atoms with Gasteiger partial charge in [0.15, 0.2) is 6.29 Å². The molecule has 0 aliphatic carbocycles. The van der Waals surface area contributed by atoms with E-state index in [2.05, 4.69) is 19.1 Å². The van der Waals surface area contributed by atoms with E-state index in [1.165, 1.54) is 31.2 Å². The largest absolute Gasteiger partial charge is 0.459 e. The van der Waals surface area contributed by atoms with E-state index in [1.54, 1.807) is 36.0 Å². The Balaban J connectivity index is 1.56. The number of ether oxygens (including phenoxy) is 3. The molecular formula is C27H36O5S. The van der Waals surface area contributed by atoms with Crippen LogP contribution >= 0.6 is 11.8 Å². The van der Waals surface area contributed by atoms with Crippen LogP contribution in [0.2, 0.25) is 0 Å². The van der Waals surface area contributed by atoms with Crippen molar-refractivity contribution in [2.45, 2.75) is 81.0 Å². The fourth-order valence-corrected chi connectivity index (χ4v) is 4.95. The lowest BCUT2D eigenvalue weighted by Gasteiger charge is -2.20. The minimum absolute atomic E-state index is 0.0171. The first kappa shape index (κ1) is 25.8. The van der Waals surface area contributed by atoms with Crippen molar-refractivity contribution in [1.82, 2.24) is 0 Å². The summed E-state index contributed by atoms with van der Waals surface area (Å²) in [6.45, 7) is 4.83. The van der Waals surface area contributed by atoms with Crippen LogP contribution in [0.15, 0.2) is 59.5 Å². The molecule has 0 amide bonds. The Labute approximate surface area is 201 Å². The van der Waals surface area contributed by atoms with E-state index < -0.39 is 24.5 Å². The van der Waals surface area contributed by atoms with Gasteiger partial charge in [0.25, 0.3) is 0 Å². The molecule has 0 unspecified atom stereocenters. The molecular weight excluding hydrogens is 436 g/mol. The molecule has 0 saturated carbocycles. The number of aliphatic hydroxyl groups is 1. The lowest BCUT2D eigenvalue weighted by molar-refractivity contribution is -0.143. The molecule has 33 heavy (non-hydrogen) atoms. The summed E-state index contributed by atoms with van der Waals surface area (Å²) in [5, 5.41) is 10.7. The van der Waals surface area contributed by atoms with Crippen LogP contribution in [-0.2, 0) is 14.2 Å². The van der Waals surface area contributed by atoms with E-state index in [4.69, 9.17) is 14.2 Å². The van der Waals surface area contributed by atoms with Crippen LogP contribution in [0, 0.1) is 6.92 Å². The van der Waals surface area contributed by atoms with Crippen molar-refractivity contribution in [2.24, 2.45) is 0 Å². The molecule has 0 radical (unpaired) electrons. The summed E-state index contributed by atoms with van der Waals surface area (Å²) in [7, 11) is 0. The number of thioether (sulfide) groups is 1. The zero-order valence-electron chi connectivity index (χ0n) is 19.7. The summed E-state index contributed by atoms with van der Waals surface area (Å²) < 4.78 is 17.5. The van der Waals surface area contributed by atoms with Gasteiger partial charge >= 0.3 is 5.97 Å². The van der Waals surface area contributed by atoms with Crippen LogP contribution in [0.3, 0.4) is 0 Å². The second-order valence-corrected chi connectivity index (χ2v) is 9.78. The van der Waals surface area contributed by atoms with Crippen molar-refractivity contribution < 1.29 is 24.1 Å². The Morgan fingerprint density at radius 2 is 1.70 bits per heavy atom. The molecule has 1 aliphatic rings. The maximum Gasteiger partial charge on any atom is 0.338 e. The molecule has 1 aliphatic heterocycles. The highest BCUT2D eigenvalue weighted by molar-refractivity contribution is 8.00. The lowest BCUT2D eigenvalue weighted by Crippen LogP contribution is -2.33. The van der Waals surface area contributed by atoms with Gasteiger partial charge in [-0.2, -0.15) is 0 Å². The average Bonchev–Trinajstić information content (AvgIpc) is 3.13. The number of hydrogen-bond acceptors (Lipinski definition) is 6. The first-order valence-corrected chi connectivity index (χ1v) is 12.9. The average molecular weight is 473 g/mol. The minimum Gasteiger partial charge on any atom is -0.459 e. The molecule has 1 N–H and O–H groups in total. The Morgan fingerprint density at radius 1 is 1.00 bits per heavy atom. The van der Waals surface area contributed by atoms with Crippen molar-refractivity contribution in [3.63, 3.8) is 0 Å². The van der Waals surface area contributed by atoms with Crippen molar-refractivity contribution in [1.29, 1.82) is 0 Å². The van der Waals surface area contributed by atoms with E-state index >= 15 is 0 Å². The summed E-state index contributed by atoms with van der Waals surface area (Å²) >= 11 is 1.54. The van der Waals surface area contributed by atoms with Gasteiger partial charge in [0.05, 0.1) is 10.8 Å². The summed E-state index contributed by atoms with van der Waals surface area (Å²) in [6, 6.07) is 17.0. The number of benzene rings is 2. The smallest absolute Gasteiger partial charge is 0.338 e. The molecule has 1 fully saturated rings. The highest BCUT2D eigenvalue weighted by Crippen LogP contribution is 2.37. The third kappa shape index (κ3) is 8.14. The third-order valence-electron chi connectivity index (χ3n) is 5.76. The fraction of sp³-hybridized carbons (Fsp3) is 0.519. The standard InChI is InChI=1S/C27H36O5S/c1-3-4-5-6-7-11-18-30-27-25(33-22-16-14-20(2)15-17-22)24(28)23(32-27)19-31-26(29)21-12-9-8-10-13-21/h8-10,12-17,23-25,27-28H,3-7,11,18-19H2,1-2H3/t23-,24-,25+,27+/m1/s1. The second-order valence-electron chi connectivity index (χ2n) is 8.53. The van der Waals surface area contributed by atoms with Crippen LogP contribution in [-0.4, -0.2) is 48.0 Å². The molecule has 4 atom stereocenters. The molecule has 180 valence electrons. The van der Waals surface area contributed by atoms with Gasteiger partial charge in [-0.1, -0.05) is 74.9 Å². The number of aliphatic hydroxyl groups excluding tert-OH is 1. The summed E-state index contributed by atoms with van der Waals surface area (Å²) in [4.78, 5) is 13.4. The van der Waals surface area contributed by atoms with E-state index in [9.17, 15) is 9.90 Å². The molecule has 0 aromatic heterocycles.